The Balaban J connectivity index is 1.91. The SMILES string of the molecule is Cc1ccc(S(=O)(=O)Oc2ccccc2/C=C(\C#N)C(=O)Nc2cc(C)ccc2C)cc1. The molecule has 0 aliphatic heterocycles. The van der Waals surface area contributed by atoms with Gasteiger partial charge in [-0.05, 0) is 62.2 Å². The summed E-state index contributed by atoms with van der Waals surface area (Å²) in [5.74, 6) is -0.585. The van der Waals surface area contributed by atoms with E-state index in [2.05, 4.69) is 5.32 Å². The lowest BCUT2D eigenvalue weighted by atomic mass is 10.1. The molecule has 3 aromatic rings. The maximum atomic E-state index is 12.7. The van der Waals surface area contributed by atoms with E-state index in [-0.39, 0.29) is 21.8 Å². The second-order valence-electron chi connectivity index (χ2n) is 7.33. The number of carbonyl (C=O) groups is 1. The van der Waals surface area contributed by atoms with Gasteiger partial charge in [-0.3, -0.25) is 4.79 Å². The Morgan fingerprint density at radius 2 is 1.62 bits per heavy atom. The van der Waals surface area contributed by atoms with Gasteiger partial charge in [0.1, 0.15) is 22.3 Å². The van der Waals surface area contributed by atoms with Crippen LogP contribution in [-0.4, -0.2) is 14.3 Å². The Kier molecular flexibility index (Phi) is 6.76. The molecule has 0 atom stereocenters. The molecular formula is C25H22N2O4S. The molecule has 7 heteroatoms. The molecule has 0 aromatic heterocycles. The van der Waals surface area contributed by atoms with Gasteiger partial charge in [-0.2, -0.15) is 13.7 Å². The van der Waals surface area contributed by atoms with Crippen molar-refractivity contribution in [2.45, 2.75) is 25.7 Å². The van der Waals surface area contributed by atoms with E-state index in [1.807, 2.05) is 45.0 Å². The summed E-state index contributed by atoms with van der Waals surface area (Å²) in [5, 5.41) is 12.3. The van der Waals surface area contributed by atoms with E-state index in [0.717, 1.165) is 16.7 Å². The van der Waals surface area contributed by atoms with Crippen molar-refractivity contribution < 1.29 is 17.4 Å². The fourth-order valence-corrected chi connectivity index (χ4v) is 3.86. The van der Waals surface area contributed by atoms with Crippen molar-refractivity contribution in [1.82, 2.24) is 0 Å². The third-order valence-electron chi connectivity index (χ3n) is 4.73. The largest absolute Gasteiger partial charge is 0.378 e. The van der Waals surface area contributed by atoms with Crippen LogP contribution in [0.5, 0.6) is 5.75 Å². The van der Waals surface area contributed by atoms with Crippen molar-refractivity contribution in [3.8, 4) is 11.8 Å². The van der Waals surface area contributed by atoms with Crippen LogP contribution in [0.4, 0.5) is 5.69 Å². The zero-order chi connectivity index (χ0) is 23.3. The average Bonchev–Trinajstić information content (AvgIpc) is 2.75. The maximum Gasteiger partial charge on any atom is 0.339 e. The van der Waals surface area contributed by atoms with Crippen LogP contribution in [-0.2, 0) is 14.9 Å². The molecule has 0 saturated carbocycles. The second kappa shape index (κ2) is 9.50. The number of aryl methyl sites for hydroxylation is 3. The summed E-state index contributed by atoms with van der Waals surface area (Å²) in [7, 11) is -4.09. The number of anilines is 1. The number of rotatable bonds is 6. The van der Waals surface area contributed by atoms with Crippen LogP contribution in [0.2, 0.25) is 0 Å². The quantitative estimate of drug-likeness (QED) is 0.329. The number of amides is 1. The van der Waals surface area contributed by atoms with Gasteiger partial charge in [0.05, 0.1) is 0 Å². The molecule has 0 bridgehead atoms. The molecule has 1 N–H and O–H groups in total. The van der Waals surface area contributed by atoms with E-state index in [4.69, 9.17) is 4.18 Å². The molecule has 0 spiro atoms. The number of para-hydroxylation sites is 1. The second-order valence-corrected chi connectivity index (χ2v) is 8.88. The van der Waals surface area contributed by atoms with Crippen LogP contribution in [0.15, 0.2) is 77.2 Å². The van der Waals surface area contributed by atoms with Crippen molar-refractivity contribution in [3.63, 3.8) is 0 Å². The first-order chi connectivity index (χ1) is 15.2. The Morgan fingerprint density at radius 3 is 2.31 bits per heavy atom. The molecule has 0 aliphatic rings. The third kappa shape index (κ3) is 5.42. The minimum Gasteiger partial charge on any atom is -0.378 e. The summed E-state index contributed by atoms with van der Waals surface area (Å²) >= 11 is 0. The van der Waals surface area contributed by atoms with Gasteiger partial charge in [-0.15, -0.1) is 0 Å². The third-order valence-corrected chi connectivity index (χ3v) is 5.98. The molecule has 0 unspecified atom stereocenters. The fraction of sp³-hybridized carbons (Fsp3) is 0.120. The summed E-state index contributed by atoms with van der Waals surface area (Å²) in [6, 6.07) is 20.1. The van der Waals surface area contributed by atoms with Crippen LogP contribution in [0.25, 0.3) is 6.08 Å². The van der Waals surface area contributed by atoms with E-state index in [1.54, 1.807) is 30.3 Å². The molecule has 1 amide bonds. The molecule has 32 heavy (non-hydrogen) atoms. The zero-order valence-corrected chi connectivity index (χ0v) is 18.7. The van der Waals surface area contributed by atoms with Crippen LogP contribution in [0, 0.1) is 32.1 Å². The van der Waals surface area contributed by atoms with E-state index >= 15 is 0 Å². The fourth-order valence-electron chi connectivity index (χ4n) is 2.91. The van der Waals surface area contributed by atoms with Gasteiger partial charge in [0.15, 0.2) is 0 Å². The Bertz CT molecular complexity index is 1340. The van der Waals surface area contributed by atoms with Crippen molar-refractivity contribution in [3.05, 3.63) is 94.6 Å². The van der Waals surface area contributed by atoms with Crippen molar-refractivity contribution >= 4 is 27.8 Å². The molecule has 162 valence electrons. The molecule has 0 aliphatic carbocycles. The van der Waals surface area contributed by atoms with Gasteiger partial charge >= 0.3 is 10.1 Å². The highest BCUT2D eigenvalue weighted by Gasteiger charge is 2.19. The van der Waals surface area contributed by atoms with E-state index < -0.39 is 16.0 Å². The first-order valence-electron chi connectivity index (χ1n) is 9.80. The van der Waals surface area contributed by atoms with E-state index in [0.29, 0.717) is 5.69 Å². The minimum atomic E-state index is -4.09. The molecule has 0 radical (unpaired) electrons. The molecule has 6 nitrogen and oxygen atoms in total. The first kappa shape index (κ1) is 22.8. The Hall–Kier alpha value is -3.89. The van der Waals surface area contributed by atoms with Gasteiger partial charge < -0.3 is 9.50 Å². The van der Waals surface area contributed by atoms with Gasteiger partial charge in [0.25, 0.3) is 5.91 Å². The lowest BCUT2D eigenvalue weighted by molar-refractivity contribution is -0.112. The number of hydrogen-bond donors (Lipinski definition) is 1. The predicted octanol–water partition coefficient (Wildman–Crippen LogP) is 4.93. The van der Waals surface area contributed by atoms with Crippen molar-refractivity contribution in [2.75, 3.05) is 5.32 Å². The smallest absolute Gasteiger partial charge is 0.339 e. The number of nitriles is 1. The average molecular weight is 447 g/mol. The number of hydrogen-bond acceptors (Lipinski definition) is 5. The zero-order valence-electron chi connectivity index (χ0n) is 17.9. The van der Waals surface area contributed by atoms with Crippen LogP contribution >= 0.6 is 0 Å². The Morgan fingerprint density at radius 1 is 0.969 bits per heavy atom. The molecule has 3 rings (SSSR count). The van der Waals surface area contributed by atoms with Gasteiger partial charge in [0, 0.05) is 11.3 Å². The first-order valence-corrected chi connectivity index (χ1v) is 11.2. The summed E-state index contributed by atoms with van der Waals surface area (Å²) in [6.07, 6.45) is 1.31. The standard InChI is InChI=1S/C25H22N2O4S/c1-17-9-12-22(13-10-17)32(29,30)31-24-7-5-4-6-20(24)15-21(16-26)25(28)27-23-14-18(2)8-11-19(23)3/h4-15H,1-3H3,(H,27,28)/b21-15+. The molecular weight excluding hydrogens is 424 g/mol. The molecule has 0 fully saturated rings. The molecule has 3 aromatic carbocycles. The topological polar surface area (TPSA) is 96.3 Å². The van der Waals surface area contributed by atoms with Gasteiger partial charge in [0.2, 0.25) is 0 Å². The van der Waals surface area contributed by atoms with E-state index in [9.17, 15) is 18.5 Å². The highest BCUT2D eigenvalue weighted by atomic mass is 32.2. The lowest BCUT2D eigenvalue weighted by Crippen LogP contribution is -2.14. The number of benzene rings is 3. The molecule has 0 saturated heterocycles. The summed E-state index contributed by atoms with van der Waals surface area (Å²) in [6.45, 7) is 5.60. The van der Waals surface area contributed by atoms with Crippen LogP contribution in [0.1, 0.15) is 22.3 Å². The summed E-state index contributed by atoms with van der Waals surface area (Å²) in [5.41, 5.74) is 3.44. The lowest BCUT2D eigenvalue weighted by Gasteiger charge is -2.11. The summed E-state index contributed by atoms with van der Waals surface area (Å²) in [4.78, 5) is 12.7. The van der Waals surface area contributed by atoms with Crippen molar-refractivity contribution in [2.24, 2.45) is 0 Å². The normalized spacial score (nSPS) is 11.5. The highest BCUT2D eigenvalue weighted by Crippen LogP contribution is 2.26. The Labute approximate surface area is 187 Å². The maximum absolute atomic E-state index is 12.7. The monoisotopic (exact) mass is 446 g/mol. The van der Waals surface area contributed by atoms with Crippen LogP contribution < -0.4 is 9.50 Å². The van der Waals surface area contributed by atoms with E-state index in [1.165, 1.54) is 24.3 Å². The van der Waals surface area contributed by atoms with Gasteiger partial charge in [-0.25, -0.2) is 0 Å². The summed E-state index contributed by atoms with van der Waals surface area (Å²) < 4.78 is 30.7. The van der Waals surface area contributed by atoms with Crippen LogP contribution in [0.3, 0.4) is 0 Å². The van der Waals surface area contributed by atoms with Gasteiger partial charge in [-0.1, -0.05) is 48.0 Å². The molecule has 0 heterocycles. The number of carbonyl (C=O) groups excluding carboxylic acids is 1. The minimum absolute atomic E-state index is 0.00931. The highest BCUT2D eigenvalue weighted by molar-refractivity contribution is 7.87. The number of nitrogens with one attached hydrogen (secondary N) is 1. The van der Waals surface area contributed by atoms with Crippen molar-refractivity contribution in [1.29, 1.82) is 5.26 Å². The number of nitrogens with zero attached hydrogens (tertiary/aromatic N) is 1. The predicted molar refractivity (Wildman–Crippen MR) is 124 cm³/mol.